The molecule has 0 saturated heterocycles. The highest BCUT2D eigenvalue weighted by Gasteiger charge is 2.26. The average molecular weight is 245 g/mol. The van der Waals surface area contributed by atoms with Crippen LogP contribution >= 0.6 is 11.6 Å². The maximum Gasteiger partial charge on any atom is 0.309 e. The van der Waals surface area contributed by atoms with Crippen LogP contribution in [-0.2, 0) is 11.3 Å². The van der Waals surface area contributed by atoms with E-state index in [1.54, 1.807) is 24.7 Å². The van der Waals surface area contributed by atoms with E-state index in [1.807, 2.05) is 6.92 Å². The van der Waals surface area contributed by atoms with E-state index in [0.717, 1.165) is 12.1 Å². The Labute approximate surface area is 100 Å². The number of carbonyl (C=O) groups is 1. The van der Waals surface area contributed by atoms with Crippen molar-refractivity contribution >= 4 is 17.6 Å². The summed E-state index contributed by atoms with van der Waals surface area (Å²) in [5.41, 5.74) is 0.130. The van der Waals surface area contributed by atoms with Gasteiger partial charge in [-0.25, -0.2) is 0 Å². The van der Waals surface area contributed by atoms with Gasteiger partial charge in [-0.1, -0.05) is 11.6 Å². The molecule has 0 saturated carbocycles. The lowest BCUT2D eigenvalue weighted by Crippen LogP contribution is -2.23. The highest BCUT2D eigenvalue weighted by Crippen LogP contribution is 2.23. The quantitative estimate of drug-likeness (QED) is 0.867. The lowest BCUT2D eigenvalue weighted by atomic mass is 9.88. The molecule has 0 aliphatic heterocycles. The van der Waals surface area contributed by atoms with Crippen LogP contribution in [-0.4, -0.2) is 20.9 Å². The Morgan fingerprint density at radius 3 is 2.69 bits per heavy atom. The van der Waals surface area contributed by atoms with Crippen LogP contribution in [0.25, 0.3) is 0 Å². The molecule has 1 aromatic rings. The van der Waals surface area contributed by atoms with E-state index in [1.165, 1.54) is 0 Å². The SMILES string of the molecule is Cc1nn(CCCC(C)(C)C(=O)O)cc1Cl. The lowest BCUT2D eigenvalue weighted by Gasteiger charge is -2.18. The Hall–Kier alpha value is -1.03. The van der Waals surface area contributed by atoms with Crippen LogP contribution in [0.1, 0.15) is 32.4 Å². The van der Waals surface area contributed by atoms with Crippen molar-refractivity contribution in [1.82, 2.24) is 9.78 Å². The van der Waals surface area contributed by atoms with E-state index in [2.05, 4.69) is 5.10 Å². The number of rotatable bonds is 5. The first-order valence-corrected chi connectivity index (χ1v) is 5.63. The molecule has 5 heteroatoms. The van der Waals surface area contributed by atoms with Gasteiger partial charge in [0.25, 0.3) is 0 Å². The van der Waals surface area contributed by atoms with E-state index in [0.29, 0.717) is 18.0 Å². The van der Waals surface area contributed by atoms with Gasteiger partial charge in [-0.2, -0.15) is 5.10 Å². The summed E-state index contributed by atoms with van der Waals surface area (Å²) in [6, 6.07) is 0. The molecule has 0 fully saturated rings. The molecule has 0 spiro atoms. The summed E-state index contributed by atoms with van der Waals surface area (Å²) < 4.78 is 1.76. The van der Waals surface area contributed by atoms with Gasteiger partial charge in [-0.3, -0.25) is 9.48 Å². The van der Waals surface area contributed by atoms with Crippen molar-refractivity contribution in [2.24, 2.45) is 5.41 Å². The predicted octanol–water partition coefficient (Wildman–Crippen LogP) is 2.74. The maximum atomic E-state index is 10.9. The first-order chi connectivity index (χ1) is 7.33. The minimum Gasteiger partial charge on any atom is -0.481 e. The number of carboxylic acids is 1. The van der Waals surface area contributed by atoms with E-state index in [4.69, 9.17) is 16.7 Å². The molecular formula is C11H17ClN2O2. The van der Waals surface area contributed by atoms with Gasteiger partial charge in [0.2, 0.25) is 0 Å². The number of hydrogen-bond acceptors (Lipinski definition) is 2. The number of aromatic nitrogens is 2. The van der Waals surface area contributed by atoms with Crippen molar-refractivity contribution in [3.63, 3.8) is 0 Å². The fraction of sp³-hybridized carbons (Fsp3) is 0.636. The molecule has 0 aliphatic carbocycles. The smallest absolute Gasteiger partial charge is 0.309 e. The molecule has 0 amide bonds. The Bertz CT molecular complexity index is 366. The van der Waals surface area contributed by atoms with Crippen molar-refractivity contribution in [2.75, 3.05) is 0 Å². The van der Waals surface area contributed by atoms with Gasteiger partial charge in [0, 0.05) is 12.7 Å². The molecule has 90 valence electrons. The second-order valence-electron chi connectivity index (χ2n) is 4.62. The highest BCUT2D eigenvalue weighted by atomic mass is 35.5. The molecule has 0 radical (unpaired) electrons. The fourth-order valence-electron chi connectivity index (χ4n) is 1.40. The monoisotopic (exact) mass is 244 g/mol. The topological polar surface area (TPSA) is 55.1 Å². The van der Waals surface area contributed by atoms with E-state index < -0.39 is 11.4 Å². The first kappa shape index (κ1) is 13.0. The van der Waals surface area contributed by atoms with E-state index in [-0.39, 0.29) is 0 Å². The molecule has 1 aromatic heterocycles. The predicted molar refractivity (Wildman–Crippen MR) is 62.6 cm³/mol. The zero-order valence-electron chi connectivity index (χ0n) is 9.83. The minimum absolute atomic E-state index is 0.624. The molecule has 0 unspecified atom stereocenters. The molecule has 0 aliphatic rings. The third-order valence-corrected chi connectivity index (χ3v) is 3.03. The second-order valence-corrected chi connectivity index (χ2v) is 5.03. The van der Waals surface area contributed by atoms with Crippen molar-refractivity contribution in [1.29, 1.82) is 0 Å². The number of aliphatic carboxylic acids is 1. The third-order valence-electron chi connectivity index (χ3n) is 2.65. The summed E-state index contributed by atoms with van der Waals surface area (Å²) in [4.78, 5) is 10.9. The summed E-state index contributed by atoms with van der Waals surface area (Å²) in [5, 5.41) is 13.8. The van der Waals surface area contributed by atoms with Gasteiger partial charge >= 0.3 is 5.97 Å². The number of hydrogen-bond donors (Lipinski definition) is 1. The normalized spacial score (nSPS) is 11.8. The second kappa shape index (κ2) is 4.87. The van der Waals surface area contributed by atoms with Crippen LogP contribution in [0.2, 0.25) is 5.02 Å². The molecule has 1 heterocycles. The molecule has 16 heavy (non-hydrogen) atoms. The van der Waals surface area contributed by atoms with Gasteiger partial charge in [0.15, 0.2) is 0 Å². The molecule has 0 aromatic carbocycles. The molecular weight excluding hydrogens is 228 g/mol. The Kier molecular flexibility index (Phi) is 3.97. The van der Waals surface area contributed by atoms with Gasteiger partial charge in [-0.05, 0) is 33.6 Å². The minimum atomic E-state index is -0.762. The lowest BCUT2D eigenvalue weighted by molar-refractivity contribution is -0.147. The summed E-state index contributed by atoms with van der Waals surface area (Å²) >= 11 is 5.87. The number of nitrogens with zero attached hydrogens (tertiary/aromatic N) is 2. The zero-order chi connectivity index (χ0) is 12.3. The average Bonchev–Trinajstić information content (AvgIpc) is 2.45. The molecule has 1 N–H and O–H groups in total. The summed E-state index contributed by atoms with van der Waals surface area (Å²) in [5.74, 6) is -0.762. The summed E-state index contributed by atoms with van der Waals surface area (Å²) in [7, 11) is 0. The Morgan fingerprint density at radius 1 is 1.62 bits per heavy atom. The van der Waals surface area contributed by atoms with E-state index in [9.17, 15) is 4.79 Å². The Morgan fingerprint density at radius 2 is 2.25 bits per heavy atom. The van der Waals surface area contributed by atoms with E-state index >= 15 is 0 Å². The van der Waals surface area contributed by atoms with Gasteiger partial charge in [-0.15, -0.1) is 0 Å². The van der Waals surface area contributed by atoms with Gasteiger partial charge in [0.1, 0.15) is 0 Å². The molecule has 0 bridgehead atoms. The van der Waals surface area contributed by atoms with Crippen LogP contribution in [0.4, 0.5) is 0 Å². The third kappa shape index (κ3) is 3.23. The van der Waals surface area contributed by atoms with Crippen LogP contribution in [0.15, 0.2) is 6.20 Å². The zero-order valence-corrected chi connectivity index (χ0v) is 10.6. The van der Waals surface area contributed by atoms with Crippen LogP contribution < -0.4 is 0 Å². The molecule has 0 atom stereocenters. The Balaban J connectivity index is 2.44. The number of carboxylic acid groups (broad SMARTS) is 1. The highest BCUT2D eigenvalue weighted by molar-refractivity contribution is 6.31. The summed E-state index contributed by atoms with van der Waals surface area (Å²) in [6.07, 6.45) is 3.17. The van der Waals surface area contributed by atoms with Crippen molar-refractivity contribution < 1.29 is 9.90 Å². The van der Waals surface area contributed by atoms with Crippen LogP contribution in [0.5, 0.6) is 0 Å². The molecule has 4 nitrogen and oxygen atoms in total. The van der Waals surface area contributed by atoms with Crippen molar-refractivity contribution in [3.8, 4) is 0 Å². The number of halogens is 1. The van der Waals surface area contributed by atoms with Crippen LogP contribution in [0, 0.1) is 12.3 Å². The number of aryl methyl sites for hydroxylation is 2. The summed E-state index contributed by atoms with van der Waals surface area (Å²) in [6.45, 7) is 6.01. The van der Waals surface area contributed by atoms with Gasteiger partial charge < -0.3 is 5.11 Å². The standard InChI is InChI=1S/C11H17ClN2O2/c1-8-9(12)7-14(13-8)6-4-5-11(2,3)10(15)16/h7H,4-6H2,1-3H3,(H,15,16). The van der Waals surface area contributed by atoms with Gasteiger partial charge in [0.05, 0.1) is 16.1 Å². The molecule has 1 rings (SSSR count). The maximum absolute atomic E-state index is 10.9. The first-order valence-electron chi connectivity index (χ1n) is 5.26. The largest absolute Gasteiger partial charge is 0.481 e. The van der Waals surface area contributed by atoms with Crippen LogP contribution in [0.3, 0.4) is 0 Å². The van der Waals surface area contributed by atoms with Crippen molar-refractivity contribution in [3.05, 3.63) is 16.9 Å². The van der Waals surface area contributed by atoms with Crippen molar-refractivity contribution in [2.45, 2.75) is 40.2 Å². The fourth-order valence-corrected chi connectivity index (χ4v) is 1.55.